The quantitative estimate of drug-likeness (QED) is 0.638. The Hall–Kier alpha value is -2.20. The molecule has 1 unspecified atom stereocenters. The number of pyridine rings is 1. The summed E-state index contributed by atoms with van der Waals surface area (Å²) in [5.74, 6) is 1.58. The second-order valence-corrected chi connectivity index (χ2v) is 6.79. The lowest BCUT2D eigenvalue weighted by molar-refractivity contribution is 0.0189. The number of Topliss-reactive ketones (excluding diaryl/α,β-unsaturated/α-hetero) is 1. The Morgan fingerprint density at radius 1 is 1.38 bits per heavy atom. The third-order valence-electron chi connectivity index (χ3n) is 5.54. The predicted octanol–water partition coefficient (Wildman–Crippen LogP) is 3.47. The molecule has 3 aliphatic heterocycles. The highest BCUT2D eigenvalue weighted by Crippen LogP contribution is 2.38. The summed E-state index contributed by atoms with van der Waals surface area (Å²) >= 11 is 0. The number of hydrogen-bond donors (Lipinski definition) is 0. The first-order valence-electron chi connectivity index (χ1n) is 8.56. The van der Waals surface area contributed by atoms with Gasteiger partial charge in [0.15, 0.2) is 5.78 Å². The maximum atomic E-state index is 13.3. The van der Waals surface area contributed by atoms with Crippen molar-refractivity contribution in [1.82, 2.24) is 9.88 Å². The molecule has 3 saturated heterocycles. The topological polar surface area (TPSA) is 42.4 Å². The number of hydrogen-bond acceptors (Lipinski definition) is 4. The van der Waals surface area contributed by atoms with E-state index in [4.69, 9.17) is 4.74 Å². The van der Waals surface area contributed by atoms with Crippen molar-refractivity contribution in [3.8, 4) is 5.75 Å². The second kappa shape index (κ2) is 6.02. The third-order valence-corrected chi connectivity index (χ3v) is 5.54. The molecule has 0 spiro atoms. The van der Waals surface area contributed by atoms with Gasteiger partial charge < -0.3 is 4.74 Å². The van der Waals surface area contributed by atoms with Crippen molar-refractivity contribution in [2.24, 2.45) is 5.92 Å². The van der Waals surface area contributed by atoms with Crippen molar-refractivity contribution in [2.45, 2.75) is 31.3 Å². The van der Waals surface area contributed by atoms with Gasteiger partial charge in [0.2, 0.25) is 0 Å². The minimum Gasteiger partial charge on any atom is -0.497 e. The van der Waals surface area contributed by atoms with E-state index in [1.165, 1.54) is 6.42 Å². The normalized spacial score (nSPS) is 28.7. The molecule has 0 radical (unpaired) electrons. The van der Waals surface area contributed by atoms with Crippen molar-refractivity contribution in [2.75, 3.05) is 13.7 Å². The molecule has 0 N–H and O–H groups in total. The van der Waals surface area contributed by atoms with Gasteiger partial charge in [0.05, 0.1) is 18.7 Å². The molecule has 1 aromatic carbocycles. The molecule has 24 heavy (non-hydrogen) atoms. The van der Waals surface area contributed by atoms with Crippen LogP contribution >= 0.6 is 0 Å². The first-order chi connectivity index (χ1) is 11.7. The number of piperidine rings is 3. The zero-order valence-electron chi connectivity index (χ0n) is 13.9. The van der Waals surface area contributed by atoms with Crippen molar-refractivity contribution in [3.63, 3.8) is 0 Å². The summed E-state index contributed by atoms with van der Waals surface area (Å²) in [5, 5.41) is 0.875. The highest BCUT2D eigenvalue weighted by molar-refractivity contribution is 6.10. The maximum absolute atomic E-state index is 13.3. The lowest BCUT2D eigenvalue weighted by Crippen LogP contribution is -2.56. The molecule has 4 heteroatoms. The molecule has 4 atom stereocenters. The number of carbonyl (C=O) groups excluding carboxylic acids is 1. The molecule has 5 rings (SSSR count). The molecular formula is C20H22N2O2. The molecule has 2 aromatic rings. The van der Waals surface area contributed by atoms with Gasteiger partial charge in [0.25, 0.3) is 0 Å². The number of rotatable bonds is 4. The number of ketones is 1. The lowest BCUT2D eigenvalue weighted by atomic mass is 9.76. The summed E-state index contributed by atoms with van der Waals surface area (Å²) in [4.78, 5) is 20.0. The van der Waals surface area contributed by atoms with Crippen LogP contribution in [-0.4, -0.2) is 41.4 Å². The highest BCUT2D eigenvalue weighted by Gasteiger charge is 2.42. The number of methoxy groups -OCH3 is 1. The number of benzene rings is 1. The number of fused-ring (bicyclic) bond motifs is 4. The van der Waals surface area contributed by atoms with E-state index in [1.807, 2.05) is 30.3 Å². The zero-order chi connectivity index (χ0) is 16.7. The van der Waals surface area contributed by atoms with Gasteiger partial charge in [-0.2, -0.15) is 0 Å². The predicted molar refractivity (Wildman–Crippen MR) is 94.4 cm³/mol. The van der Waals surface area contributed by atoms with Gasteiger partial charge in [0.1, 0.15) is 5.75 Å². The van der Waals surface area contributed by atoms with Crippen LogP contribution in [0.2, 0.25) is 0 Å². The largest absolute Gasteiger partial charge is 0.497 e. The SMILES string of the molecule is C=C[C@@H]1C[C@@H]2CCN1[C@H](C(=O)c1ccnc3ccc(OC)cc13)C2. The first kappa shape index (κ1) is 15.3. The third kappa shape index (κ3) is 2.42. The van der Waals surface area contributed by atoms with Crippen molar-refractivity contribution < 1.29 is 9.53 Å². The molecule has 1 aromatic heterocycles. The Labute approximate surface area is 142 Å². The molecule has 0 saturated carbocycles. The van der Waals surface area contributed by atoms with E-state index >= 15 is 0 Å². The Bertz CT molecular complexity index is 801. The summed E-state index contributed by atoms with van der Waals surface area (Å²) < 4.78 is 5.32. The van der Waals surface area contributed by atoms with Crippen LogP contribution < -0.4 is 4.74 Å². The average molecular weight is 322 g/mol. The molecule has 124 valence electrons. The van der Waals surface area contributed by atoms with Gasteiger partial charge >= 0.3 is 0 Å². The highest BCUT2D eigenvalue weighted by atomic mass is 16.5. The van der Waals surface area contributed by atoms with Crippen molar-refractivity contribution >= 4 is 16.7 Å². The van der Waals surface area contributed by atoms with Crippen LogP contribution in [0.5, 0.6) is 5.75 Å². The minimum atomic E-state index is -0.0442. The standard InChI is InChI=1S/C20H22N2O2/c1-3-14-10-13-7-9-22(14)19(11-13)20(23)16-6-8-21-18-5-4-15(24-2)12-17(16)18/h3-6,8,12-14,19H,1,7,9-11H2,2H3/t13-,14+,19-/m0/s1. The molecule has 2 bridgehead atoms. The van der Waals surface area contributed by atoms with Crippen molar-refractivity contribution in [3.05, 3.63) is 48.7 Å². The van der Waals surface area contributed by atoms with E-state index in [0.29, 0.717) is 12.0 Å². The Morgan fingerprint density at radius 3 is 3.00 bits per heavy atom. The van der Waals surface area contributed by atoms with Crippen LogP contribution in [0.1, 0.15) is 29.6 Å². The van der Waals surface area contributed by atoms with Gasteiger partial charge in [-0.3, -0.25) is 14.7 Å². The Morgan fingerprint density at radius 2 is 2.25 bits per heavy atom. The Kier molecular flexibility index (Phi) is 3.85. The summed E-state index contributed by atoms with van der Waals surface area (Å²) in [5.41, 5.74) is 1.58. The summed E-state index contributed by atoms with van der Waals surface area (Å²) in [6.07, 6.45) is 7.01. The summed E-state index contributed by atoms with van der Waals surface area (Å²) in [6, 6.07) is 7.83. The monoisotopic (exact) mass is 322 g/mol. The Balaban J connectivity index is 1.74. The van der Waals surface area contributed by atoms with E-state index < -0.39 is 0 Å². The molecule has 4 heterocycles. The summed E-state index contributed by atoms with van der Waals surface area (Å²) in [6.45, 7) is 4.95. The fraction of sp³-hybridized carbons (Fsp3) is 0.400. The molecule has 0 amide bonds. The molecule has 4 nitrogen and oxygen atoms in total. The molecular weight excluding hydrogens is 300 g/mol. The van der Waals surface area contributed by atoms with Gasteiger partial charge in [-0.25, -0.2) is 0 Å². The fourth-order valence-electron chi connectivity index (χ4n) is 4.28. The zero-order valence-corrected chi connectivity index (χ0v) is 13.9. The summed E-state index contributed by atoms with van der Waals surface area (Å²) in [7, 11) is 1.64. The van der Waals surface area contributed by atoms with Gasteiger partial charge in [-0.05, 0) is 56.0 Å². The van der Waals surface area contributed by atoms with Crippen LogP contribution in [0.4, 0.5) is 0 Å². The van der Waals surface area contributed by atoms with Gasteiger partial charge in [-0.1, -0.05) is 6.08 Å². The minimum absolute atomic E-state index is 0.0442. The fourth-order valence-corrected chi connectivity index (χ4v) is 4.28. The van der Waals surface area contributed by atoms with E-state index in [1.54, 1.807) is 13.3 Å². The maximum Gasteiger partial charge on any atom is 0.180 e. The van der Waals surface area contributed by atoms with Crippen LogP contribution in [0.25, 0.3) is 10.9 Å². The van der Waals surface area contributed by atoms with E-state index in [0.717, 1.165) is 41.6 Å². The van der Waals surface area contributed by atoms with E-state index in [9.17, 15) is 4.79 Å². The number of ether oxygens (including phenoxy) is 1. The van der Waals surface area contributed by atoms with Gasteiger partial charge in [-0.15, -0.1) is 6.58 Å². The lowest BCUT2D eigenvalue weighted by Gasteiger charge is -2.49. The number of nitrogens with zero attached hydrogens (tertiary/aromatic N) is 2. The van der Waals surface area contributed by atoms with Crippen LogP contribution in [0, 0.1) is 5.92 Å². The van der Waals surface area contributed by atoms with Crippen LogP contribution in [0.3, 0.4) is 0 Å². The second-order valence-electron chi connectivity index (χ2n) is 6.79. The average Bonchev–Trinajstić information content (AvgIpc) is 2.66. The molecule has 3 fully saturated rings. The van der Waals surface area contributed by atoms with E-state index in [2.05, 4.69) is 16.5 Å². The van der Waals surface area contributed by atoms with Gasteiger partial charge in [0, 0.05) is 23.2 Å². The van der Waals surface area contributed by atoms with E-state index in [-0.39, 0.29) is 11.8 Å². The smallest absolute Gasteiger partial charge is 0.180 e. The molecule has 3 aliphatic rings. The van der Waals surface area contributed by atoms with Crippen molar-refractivity contribution in [1.29, 1.82) is 0 Å². The number of aromatic nitrogens is 1. The van der Waals surface area contributed by atoms with Crippen LogP contribution in [0.15, 0.2) is 43.1 Å². The number of carbonyl (C=O) groups is 1. The van der Waals surface area contributed by atoms with Crippen LogP contribution in [-0.2, 0) is 0 Å². The molecule has 0 aliphatic carbocycles. The first-order valence-corrected chi connectivity index (χ1v) is 8.56.